The van der Waals surface area contributed by atoms with Gasteiger partial charge in [0.15, 0.2) is 0 Å². The van der Waals surface area contributed by atoms with Gasteiger partial charge < -0.3 is 20.3 Å². The fourth-order valence-corrected chi connectivity index (χ4v) is 1.95. The molecule has 1 fully saturated rings. The smallest absolute Gasteiger partial charge is 0.411 e. The largest absolute Gasteiger partial charge is 0.459 e. The minimum Gasteiger partial charge on any atom is -0.459 e. The predicted octanol–water partition coefficient (Wildman–Crippen LogP) is 0.842. The lowest BCUT2D eigenvalue weighted by Gasteiger charge is -2.52. The van der Waals surface area contributed by atoms with Gasteiger partial charge in [0, 0.05) is 6.54 Å². The van der Waals surface area contributed by atoms with Crippen LogP contribution in [0.25, 0.3) is 0 Å². The maximum absolute atomic E-state index is 12.2. The van der Waals surface area contributed by atoms with E-state index in [1.165, 1.54) is 4.90 Å². The van der Waals surface area contributed by atoms with Gasteiger partial charge in [0.1, 0.15) is 22.8 Å². The summed E-state index contributed by atoms with van der Waals surface area (Å²) in [6.45, 7) is 9.90. The summed E-state index contributed by atoms with van der Waals surface area (Å²) < 4.78 is 10.5. The zero-order valence-electron chi connectivity index (χ0n) is 13.6. The molecule has 2 unspecified atom stereocenters. The topological polar surface area (TPSA) is 102 Å². The van der Waals surface area contributed by atoms with E-state index >= 15 is 0 Å². The highest BCUT2D eigenvalue weighted by Crippen LogP contribution is 2.38. The maximum Gasteiger partial charge on any atom is 0.411 e. The van der Waals surface area contributed by atoms with Crippen LogP contribution < -0.4 is 5.73 Å². The molecule has 122 valence electrons. The van der Waals surface area contributed by atoms with Crippen molar-refractivity contribution in [1.82, 2.24) is 4.90 Å². The van der Waals surface area contributed by atoms with Crippen molar-refractivity contribution >= 4 is 12.1 Å². The first-order valence-corrected chi connectivity index (χ1v) is 6.92. The van der Waals surface area contributed by atoms with Gasteiger partial charge in [-0.2, -0.15) is 0 Å². The third kappa shape index (κ3) is 3.85. The van der Waals surface area contributed by atoms with Crippen molar-refractivity contribution in [3.05, 3.63) is 0 Å². The van der Waals surface area contributed by atoms with E-state index in [9.17, 15) is 14.7 Å². The lowest BCUT2D eigenvalue weighted by molar-refractivity contribution is -0.191. The fraction of sp³-hybridized carbons (Fsp3) is 0.857. The second-order valence-electron chi connectivity index (χ2n) is 7.37. The summed E-state index contributed by atoms with van der Waals surface area (Å²) >= 11 is 0. The third-order valence-corrected chi connectivity index (χ3v) is 3.07. The van der Waals surface area contributed by atoms with Crippen LogP contribution >= 0.6 is 0 Å². The Kier molecular flexibility index (Phi) is 4.60. The Morgan fingerprint density at radius 1 is 1.19 bits per heavy atom. The molecule has 0 spiro atoms. The standard InChI is InChI=1S/C14H26N2O5/c1-12(2,3)20-10(18)14(8-17)7-16(9(14)15)11(19)21-13(4,5)6/h9,17H,7-8,15H2,1-6H3. The van der Waals surface area contributed by atoms with E-state index in [1.54, 1.807) is 41.5 Å². The number of nitrogens with two attached hydrogens (primary N) is 1. The third-order valence-electron chi connectivity index (χ3n) is 3.07. The van der Waals surface area contributed by atoms with Crippen LogP contribution in [0.2, 0.25) is 0 Å². The van der Waals surface area contributed by atoms with Gasteiger partial charge in [0.25, 0.3) is 0 Å². The number of hydrogen-bond donors (Lipinski definition) is 2. The first-order valence-electron chi connectivity index (χ1n) is 6.92. The maximum atomic E-state index is 12.2. The zero-order chi connectivity index (χ0) is 16.6. The molecule has 1 amide bonds. The van der Waals surface area contributed by atoms with Crippen LogP contribution in [0.15, 0.2) is 0 Å². The van der Waals surface area contributed by atoms with Crippen LogP contribution in [0.3, 0.4) is 0 Å². The Morgan fingerprint density at radius 3 is 2.00 bits per heavy atom. The minimum atomic E-state index is -1.29. The number of rotatable bonds is 2. The van der Waals surface area contributed by atoms with Gasteiger partial charge in [0.2, 0.25) is 0 Å². The first-order chi connectivity index (χ1) is 9.32. The van der Waals surface area contributed by atoms with Crippen LogP contribution in [0.1, 0.15) is 41.5 Å². The number of amides is 1. The molecule has 0 aromatic rings. The molecule has 1 aliphatic rings. The molecule has 2 atom stereocenters. The van der Waals surface area contributed by atoms with Gasteiger partial charge in [-0.1, -0.05) is 0 Å². The molecule has 1 rings (SSSR count). The highest BCUT2D eigenvalue weighted by molar-refractivity contribution is 5.83. The van der Waals surface area contributed by atoms with E-state index in [0.29, 0.717) is 0 Å². The number of carbonyl (C=O) groups is 2. The normalized spacial score (nSPS) is 26.1. The number of carbonyl (C=O) groups excluding carboxylic acids is 2. The Morgan fingerprint density at radius 2 is 1.67 bits per heavy atom. The molecule has 21 heavy (non-hydrogen) atoms. The van der Waals surface area contributed by atoms with E-state index in [-0.39, 0.29) is 6.54 Å². The lowest BCUT2D eigenvalue weighted by Crippen LogP contribution is -2.75. The molecule has 0 aliphatic carbocycles. The second-order valence-corrected chi connectivity index (χ2v) is 7.37. The van der Waals surface area contributed by atoms with Crippen molar-refractivity contribution < 1.29 is 24.2 Å². The zero-order valence-corrected chi connectivity index (χ0v) is 13.6. The van der Waals surface area contributed by atoms with Gasteiger partial charge in [-0.25, -0.2) is 4.79 Å². The lowest BCUT2D eigenvalue weighted by atomic mass is 9.77. The molecular formula is C14H26N2O5. The van der Waals surface area contributed by atoms with Crippen molar-refractivity contribution in [2.24, 2.45) is 11.1 Å². The SMILES string of the molecule is CC(C)(C)OC(=O)N1CC(CO)(C(=O)OC(C)(C)C)C1N. The summed E-state index contributed by atoms with van der Waals surface area (Å²) in [6, 6.07) is 0. The molecule has 0 aromatic carbocycles. The highest BCUT2D eigenvalue weighted by Gasteiger charge is 2.60. The van der Waals surface area contributed by atoms with Crippen LogP contribution in [0, 0.1) is 5.41 Å². The molecule has 0 aromatic heterocycles. The van der Waals surface area contributed by atoms with E-state index in [2.05, 4.69) is 0 Å². The summed E-state index contributed by atoms with van der Waals surface area (Å²) in [6.07, 6.45) is -1.57. The number of ether oxygens (including phenoxy) is 2. The Balaban J connectivity index is 2.78. The van der Waals surface area contributed by atoms with Gasteiger partial charge in [-0.3, -0.25) is 9.69 Å². The second kappa shape index (κ2) is 5.46. The average Bonchev–Trinajstić information content (AvgIpc) is 2.23. The van der Waals surface area contributed by atoms with Crippen molar-refractivity contribution in [2.45, 2.75) is 58.9 Å². The summed E-state index contributed by atoms with van der Waals surface area (Å²) in [5.74, 6) is -0.607. The highest BCUT2D eigenvalue weighted by atomic mass is 16.6. The number of likely N-dealkylation sites (tertiary alicyclic amines) is 1. The van der Waals surface area contributed by atoms with E-state index in [1.807, 2.05) is 0 Å². The number of aliphatic hydroxyl groups excluding tert-OH is 1. The summed E-state index contributed by atoms with van der Waals surface area (Å²) in [7, 11) is 0. The summed E-state index contributed by atoms with van der Waals surface area (Å²) in [5.41, 5.74) is 3.29. The van der Waals surface area contributed by atoms with Crippen molar-refractivity contribution in [3.63, 3.8) is 0 Å². The molecule has 1 aliphatic heterocycles. The van der Waals surface area contributed by atoms with Crippen LogP contribution in [0.5, 0.6) is 0 Å². The molecule has 7 nitrogen and oxygen atoms in total. The number of aliphatic hydroxyl groups is 1. The molecule has 7 heteroatoms. The van der Waals surface area contributed by atoms with Crippen LogP contribution in [0.4, 0.5) is 4.79 Å². The summed E-state index contributed by atoms with van der Waals surface area (Å²) in [4.78, 5) is 25.4. The molecule has 1 heterocycles. The molecular weight excluding hydrogens is 276 g/mol. The molecule has 0 bridgehead atoms. The monoisotopic (exact) mass is 302 g/mol. The van der Waals surface area contributed by atoms with E-state index in [0.717, 1.165) is 0 Å². The number of esters is 1. The van der Waals surface area contributed by atoms with Gasteiger partial charge in [-0.15, -0.1) is 0 Å². The van der Waals surface area contributed by atoms with E-state index < -0.39 is 41.5 Å². The molecule has 0 radical (unpaired) electrons. The van der Waals surface area contributed by atoms with Gasteiger partial charge in [0.05, 0.1) is 6.61 Å². The van der Waals surface area contributed by atoms with Crippen molar-refractivity contribution in [3.8, 4) is 0 Å². The molecule has 1 saturated heterocycles. The predicted molar refractivity (Wildman–Crippen MR) is 76.3 cm³/mol. The minimum absolute atomic E-state index is 0.0194. The average molecular weight is 302 g/mol. The Hall–Kier alpha value is -1.34. The Bertz CT molecular complexity index is 424. The summed E-state index contributed by atoms with van der Waals surface area (Å²) in [5, 5.41) is 9.55. The van der Waals surface area contributed by atoms with Crippen LogP contribution in [-0.4, -0.2) is 52.6 Å². The van der Waals surface area contributed by atoms with Crippen molar-refractivity contribution in [1.29, 1.82) is 0 Å². The van der Waals surface area contributed by atoms with E-state index in [4.69, 9.17) is 15.2 Å². The number of nitrogens with zero attached hydrogens (tertiary/aromatic N) is 1. The molecule has 0 saturated carbocycles. The first kappa shape index (κ1) is 17.7. The van der Waals surface area contributed by atoms with Gasteiger partial charge in [-0.05, 0) is 41.5 Å². The quantitative estimate of drug-likeness (QED) is 0.733. The number of hydrogen-bond acceptors (Lipinski definition) is 6. The Labute approximate surface area is 125 Å². The van der Waals surface area contributed by atoms with Crippen molar-refractivity contribution in [2.75, 3.05) is 13.2 Å². The molecule has 3 N–H and O–H groups in total. The van der Waals surface area contributed by atoms with Crippen LogP contribution in [-0.2, 0) is 14.3 Å². The fourth-order valence-electron chi connectivity index (χ4n) is 1.95. The van der Waals surface area contributed by atoms with Gasteiger partial charge >= 0.3 is 12.1 Å².